The molecule has 1 N–H and O–H groups in total. The predicted molar refractivity (Wildman–Crippen MR) is 84.5 cm³/mol. The van der Waals surface area contributed by atoms with Crippen molar-refractivity contribution < 1.29 is 9.53 Å². The molecule has 1 saturated carbocycles. The number of hydrogen-bond donors (Lipinski definition) is 1. The summed E-state index contributed by atoms with van der Waals surface area (Å²) in [6, 6.07) is 10.1. The summed E-state index contributed by atoms with van der Waals surface area (Å²) in [5, 5.41) is 7.35. The fourth-order valence-electron chi connectivity index (χ4n) is 2.50. The molecule has 0 aliphatic heterocycles. The second kappa shape index (κ2) is 6.32. The first-order valence-electron chi connectivity index (χ1n) is 7.63. The minimum Gasteiger partial charge on any atom is -0.383 e. The highest BCUT2D eigenvalue weighted by molar-refractivity contribution is 5.92. The molecule has 0 atom stereocenters. The minimum absolute atomic E-state index is 0.148. The average molecular weight is 299 g/mol. The Kier molecular flexibility index (Phi) is 4.24. The summed E-state index contributed by atoms with van der Waals surface area (Å²) < 4.78 is 6.86. The van der Waals surface area contributed by atoms with Crippen LogP contribution in [0.5, 0.6) is 0 Å². The first-order valence-corrected chi connectivity index (χ1v) is 7.63. The van der Waals surface area contributed by atoms with Crippen LogP contribution in [0.4, 0.5) is 0 Å². The van der Waals surface area contributed by atoms with Gasteiger partial charge in [0.25, 0.3) is 5.91 Å². The molecule has 1 amide bonds. The van der Waals surface area contributed by atoms with Crippen molar-refractivity contribution in [3.63, 3.8) is 0 Å². The number of benzene rings is 1. The number of rotatable bonds is 6. The molecule has 1 aliphatic carbocycles. The summed E-state index contributed by atoms with van der Waals surface area (Å²) in [7, 11) is 1.61. The molecule has 116 valence electrons. The lowest BCUT2D eigenvalue weighted by Crippen LogP contribution is -2.27. The molecule has 1 fully saturated rings. The summed E-state index contributed by atoms with van der Waals surface area (Å²) >= 11 is 0. The molecule has 1 aromatic carbocycles. The molecule has 2 aromatic rings. The number of carbonyl (C=O) groups is 1. The molecule has 0 bridgehead atoms. The third-order valence-corrected chi connectivity index (χ3v) is 3.80. The van der Waals surface area contributed by atoms with E-state index >= 15 is 0 Å². The number of ether oxygens (including phenoxy) is 1. The third kappa shape index (κ3) is 3.20. The lowest BCUT2D eigenvalue weighted by molar-refractivity contribution is 0.0931. The normalized spacial score (nSPS) is 14.1. The fraction of sp³-hybridized carbons (Fsp3) is 0.412. The van der Waals surface area contributed by atoms with Gasteiger partial charge in [-0.3, -0.25) is 4.79 Å². The summed E-state index contributed by atoms with van der Waals surface area (Å²) in [4.78, 5) is 12.2. The van der Waals surface area contributed by atoms with Crippen LogP contribution < -0.4 is 5.32 Å². The van der Waals surface area contributed by atoms with E-state index in [1.807, 2.05) is 22.9 Å². The molecule has 0 saturated heterocycles. The number of hydrogen-bond acceptors (Lipinski definition) is 3. The molecule has 0 spiro atoms. The molecule has 0 unspecified atom stereocenters. The van der Waals surface area contributed by atoms with Gasteiger partial charge in [0.05, 0.1) is 12.3 Å². The van der Waals surface area contributed by atoms with Gasteiger partial charge in [0.1, 0.15) is 0 Å². The van der Waals surface area contributed by atoms with Gasteiger partial charge in [-0.25, -0.2) is 4.68 Å². The van der Waals surface area contributed by atoms with Gasteiger partial charge in [-0.05, 0) is 43.5 Å². The van der Waals surface area contributed by atoms with E-state index in [1.165, 1.54) is 18.4 Å². The van der Waals surface area contributed by atoms with Crippen molar-refractivity contribution >= 4 is 5.91 Å². The average Bonchev–Trinajstić information content (AvgIpc) is 3.26. The molecular formula is C17H21N3O2. The summed E-state index contributed by atoms with van der Waals surface area (Å²) in [5.41, 5.74) is 3.79. The number of nitrogens with one attached hydrogen (secondary N) is 1. The van der Waals surface area contributed by atoms with E-state index in [-0.39, 0.29) is 5.91 Å². The highest BCUT2D eigenvalue weighted by Crippen LogP contribution is 2.41. The Morgan fingerprint density at radius 1 is 1.41 bits per heavy atom. The zero-order chi connectivity index (χ0) is 15.5. The van der Waals surface area contributed by atoms with Gasteiger partial charge in [-0.1, -0.05) is 12.1 Å². The second-order valence-corrected chi connectivity index (χ2v) is 5.73. The molecule has 5 nitrogen and oxygen atoms in total. The smallest absolute Gasteiger partial charge is 0.271 e. The van der Waals surface area contributed by atoms with E-state index < -0.39 is 0 Å². The van der Waals surface area contributed by atoms with E-state index in [2.05, 4.69) is 29.5 Å². The van der Waals surface area contributed by atoms with Crippen molar-refractivity contribution in [2.75, 3.05) is 20.3 Å². The maximum absolute atomic E-state index is 12.2. The number of aryl methyl sites for hydroxylation is 1. The Morgan fingerprint density at radius 3 is 2.91 bits per heavy atom. The quantitative estimate of drug-likeness (QED) is 0.834. The molecule has 5 heteroatoms. The zero-order valence-corrected chi connectivity index (χ0v) is 13.0. The third-order valence-electron chi connectivity index (χ3n) is 3.80. The van der Waals surface area contributed by atoms with Crippen LogP contribution in [-0.4, -0.2) is 35.9 Å². The maximum Gasteiger partial charge on any atom is 0.271 e. The van der Waals surface area contributed by atoms with E-state index in [0.29, 0.717) is 24.8 Å². The van der Waals surface area contributed by atoms with Crippen LogP contribution >= 0.6 is 0 Å². The van der Waals surface area contributed by atoms with Gasteiger partial charge in [-0.2, -0.15) is 5.10 Å². The van der Waals surface area contributed by atoms with Crippen LogP contribution in [0.3, 0.4) is 0 Å². The number of nitrogens with zero attached hydrogens (tertiary/aromatic N) is 2. The van der Waals surface area contributed by atoms with E-state index in [4.69, 9.17) is 4.74 Å². The Labute approximate surface area is 130 Å². The zero-order valence-electron chi connectivity index (χ0n) is 13.0. The van der Waals surface area contributed by atoms with Gasteiger partial charge in [0.15, 0.2) is 5.69 Å². The second-order valence-electron chi connectivity index (χ2n) is 5.73. The predicted octanol–water partition coefficient (Wildman–Crippen LogP) is 2.43. The molecule has 0 radical (unpaired) electrons. The molecule has 1 heterocycles. The largest absolute Gasteiger partial charge is 0.383 e. The van der Waals surface area contributed by atoms with E-state index in [0.717, 1.165) is 11.4 Å². The van der Waals surface area contributed by atoms with Crippen molar-refractivity contribution in [3.05, 3.63) is 47.3 Å². The van der Waals surface area contributed by atoms with E-state index in [1.54, 1.807) is 7.11 Å². The molecule has 1 aliphatic rings. The Hall–Kier alpha value is -2.14. The van der Waals surface area contributed by atoms with Crippen molar-refractivity contribution in [1.29, 1.82) is 0 Å². The van der Waals surface area contributed by atoms with Crippen molar-refractivity contribution in [3.8, 4) is 5.69 Å². The van der Waals surface area contributed by atoms with Crippen LogP contribution in [0.15, 0.2) is 30.3 Å². The topological polar surface area (TPSA) is 56.1 Å². The van der Waals surface area contributed by atoms with Crippen LogP contribution in [0, 0.1) is 6.92 Å². The van der Waals surface area contributed by atoms with Crippen LogP contribution in [0.1, 0.15) is 40.5 Å². The van der Waals surface area contributed by atoms with Crippen molar-refractivity contribution in [2.24, 2.45) is 0 Å². The number of carbonyl (C=O) groups excluding carboxylic acids is 1. The summed E-state index contributed by atoms with van der Waals surface area (Å²) in [6.45, 7) is 3.05. The molecule has 1 aromatic heterocycles. The first-order chi connectivity index (χ1) is 10.7. The lowest BCUT2D eigenvalue weighted by atomic mass is 10.2. The number of aromatic nitrogens is 2. The standard InChI is InChI=1S/C17H21N3O2/c1-12-4-3-5-14(10-12)20-16(13-6-7-13)11-15(19-20)17(21)18-8-9-22-2/h3-5,10-11,13H,6-9H2,1-2H3,(H,18,21). The van der Waals surface area contributed by atoms with Crippen molar-refractivity contribution in [2.45, 2.75) is 25.7 Å². The van der Waals surface area contributed by atoms with Gasteiger partial charge in [-0.15, -0.1) is 0 Å². The van der Waals surface area contributed by atoms with Gasteiger partial charge < -0.3 is 10.1 Å². The highest BCUT2D eigenvalue weighted by Gasteiger charge is 2.29. The van der Waals surface area contributed by atoms with E-state index in [9.17, 15) is 4.79 Å². The van der Waals surface area contributed by atoms with Gasteiger partial charge >= 0.3 is 0 Å². The lowest BCUT2D eigenvalue weighted by Gasteiger charge is -2.07. The van der Waals surface area contributed by atoms with Gasteiger partial charge in [0.2, 0.25) is 0 Å². The monoisotopic (exact) mass is 299 g/mol. The SMILES string of the molecule is COCCNC(=O)c1cc(C2CC2)n(-c2cccc(C)c2)n1. The number of methoxy groups -OCH3 is 1. The molecule has 3 rings (SSSR count). The fourth-order valence-corrected chi connectivity index (χ4v) is 2.50. The maximum atomic E-state index is 12.2. The summed E-state index contributed by atoms with van der Waals surface area (Å²) in [5.74, 6) is 0.374. The van der Waals surface area contributed by atoms with Crippen LogP contribution in [0.2, 0.25) is 0 Å². The molecule has 22 heavy (non-hydrogen) atoms. The highest BCUT2D eigenvalue weighted by atomic mass is 16.5. The first kappa shape index (κ1) is 14.8. The van der Waals surface area contributed by atoms with Gasteiger partial charge in [0, 0.05) is 25.3 Å². The Balaban J connectivity index is 1.88. The van der Waals surface area contributed by atoms with Crippen LogP contribution in [0.25, 0.3) is 5.69 Å². The van der Waals surface area contributed by atoms with Crippen molar-refractivity contribution in [1.82, 2.24) is 15.1 Å². The number of amides is 1. The minimum atomic E-state index is -0.148. The Bertz CT molecular complexity index is 674. The Morgan fingerprint density at radius 2 is 2.23 bits per heavy atom. The molecular weight excluding hydrogens is 278 g/mol. The van der Waals surface area contributed by atoms with Crippen LogP contribution in [-0.2, 0) is 4.74 Å². The summed E-state index contributed by atoms with van der Waals surface area (Å²) in [6.07, 6.45) is 2.34.